The quantitative estimate of drug-likeness (QED) is 0.503. The fraction of sp³-hybridized carbons (Fsp3) is 0.750. The number of rotatable bonds is 3. The molecule has 4 rings (SSSR count). The fourth-order valence-electron chi connectivity index (χ4n) is 6.99. The van der Waals surface area contributed by atoms with E-state index in [0.29, 0.717) is 5.92 Å². The zero-order chi connectivity index (χ0) is 21.1. The average molecular weight is 403 g/mol. The van der Waals surface area contributed by atoms with Gasteiger partial charge in [-0.2, -0.15) is 0 Å². The van der Waals surface area contributed by atoms with Crippen LogP contribution in [0.15, 0.2) is 24.3 Å². The van der Waals surface area contributed by atoms with Gasteiger partial charge in [0.1, 0.15) is 0 Å². The van der Waals surface area contributed by atoms with Crippen LogP contribution in [0.2, 0.25) is 0 Å². The molecule has 2 saturated heterocycles. The molecule has 2 heterocycles. The molecule has 4 fully saturated rings. The summed E-state index contributed by atoms with van der Waals surface area (Å²) in [5, 5.41) is 0. The molecule has 5 heteroatoms. The van der Waals surface area contributed by atoms with Crippen LogP contribution in [0.25, 0.3) is 0 Å². The molecule has 160 valence electrons. The van der Waals surface area contributed by atoms with E-state index in [4.69, 9.17) is 14.2 Å². The highest BCUT2D eigenvalue weighted by molar-refractivity contribution is 5.71. The van der Waals surface area contributed by atoms with Gasteiger partial charge in [-0.05, 0) is 54.8 Å². The molecular weight excluding hydrogens is 368 g/mol. The monoisotopic (exact) mass is 402 g/mol. The van der Waals surface area contributed by atoms with E-state index in [1.807, 2.05) is 0 Å². The summed E-state index contributed by atoms with van der Waals surface area (Å²) in [7, 11) is 0. The lowest BCUT2D eigenvalue weighted by molar-refractivity contribution is -0.206. The minimum Gasteiger partial charge on any atom is -0.435 e. The van der Waals surface area contributed by atoms with Gasteiger partial charge >= 0.3 is 11.9 Å². The molecule has 4 aliphatic rings. The molecule has 29 heavy (non-hydrogen) atoms. The van der Waals surface area contributed by atoms with Crippen molar-refractivity contribution in [2.45, 2.75) is 78.8 Å². The Hall–Kier alpha value is -1.62. The Morgan fingerprint density at radius 1 is 1.24 bits per heavy atom. The van der Waals surface area contributed by atoms with Gasteiger partial charge in [-0.25, -0.2) is 0 Å². The summed E-state index contributed by atoms with van der Waals surface area (Å²) in [6, 6.07) is 0. The largest absolute Gasteiger partial charge is 0.435 e. The maximum atomic E-state index is 12.0. The van der Waals surface area contributed by atoms with Crippen LogP contribution in [-0.2, 0) is 23.8 Å². The van der Waals surface area contributed by atoms with E-state index < -0.39 is 18.5 Å². The van der Waals surface area contributed by atoms with Crippen LogP contribution >= 0.6 is 0 Å². The number of esters is 2. The van der Waals surface area contributed by atoms with E-state index in [0.717, 1.165) is 24.8 Å². The second-order valence-corrected chi connectivity index (χ2v) is 10.4. The molecule has 5 nitrogen and oxygen atoms in total. The number of ether oxygens (including phenoxy) is 3. The van der Waals surface area contributed by atoms with E-state index in [-0.39, 0.29) is 41.0 Å². The second kappa shape index (κ2) is 6.97. The van der Waals surface area contributed by atoms with Crippen molar-refractivity contribution in [1.82, 2.24) is 0 Å². The number of hydrogen-bond acceptors (Lipinski definition) is 5. The van der Waals surface area contributed by atoms with Gasteiger partial charge < -0.3 is 14.2 Å². The summed E-state index contributed by atoms with van der Waals surface area (Å²) in [5.74, 6) is -0.255. The van der Waals surface area contributed by atoms with E-state index in [2.05, 4.69) is 33.9 Å². The van der Waals surface area contributed by atoms with Gasteiger partial charge in [-0.1, -0.05) is 45.1 Å². The molecular formula is C24H34O5. The van der Waals surface area contributed by atoms with Gasteiger partial charge in [-0.3, -0.25) is 9.59 Å². The predicted molar refractivity (Wildman–Crippen MR) is 108 cm³/mol. The third-order valence-electron chi connectivity index (χ3n) is 8.38. The molecule has 0 aromatic rings. The van der Waals surface area contributed by atoms with Crippen LogP contribution in [-0.4, -0.2) is 24.5 Å². The summed E-state index contributed by atoms with van der Waals surface area (Å²) in [5.41, 5.74) is 2.65. The Balaban J connectivity index is 1.65. The molecule has 0 N–H and O–H groups in total. The molecule has 2 saturated carbocycles. The summed E-state index contributed by atoms with van der Waals surface area (Å²) < 4.78 is 16.7. The SMILES string of the molecule is C=C([C@@H]1[C@@H]2OC(=O)C[C@H]1[C@H](OC(C)=O)O2)[C@H]1CC[C@H]2C(C)(C)CCCC(=C)[C@]12C. The van der Waals surface area contributed by atoms with E-state index >= 15 is 0 Å². The van der Waals surface area contributed by atoms with Crippen LogP contribution in [0.4, 0.5) is 0 Å². The van der Waals surface area contributed by atoms with Crippen molar-refractivity contribution in [2.75, 3.05) is 0 Å². The normalized spacial score (nSPS) is 43.3. The molecule has 0 radical (unpaired) electrons. The second-order valence-electron chi connectivity index (χ2n) is 10.4. The molecule has 2 bridgehead atoms. The zero-order valence-electron chi connectivity index (χ0n) is 18.2. The van der Waals surface area contributed by atoms with Gasteiger partial charge in [0.15, 0.2) is 0 Å². The first-order chi connectivity index (χ1) is 13.6. The van der Waals surface area contributed by atoms with Gasteiger partial charge in [-0.15, -0.1) is 0 Å². The Morgan fingerprint density at radius 2 is 1.97 bits per heavy atom. The van der Waals surface area contributed by atoms with Crippen molar-refractivity contribution in [3.63, 3.8) is 0 Å². The number of hydrogen-bond donors (Lipinski definition) is 0. The number of carbonyl (C=O) groups is 2. The van der Waals surface area contributed by atoms with Gasteiger partial charge in [0.25, 0.3) is 0 Å². The van der Waals surface area contributed by atoms with Crippen LogP contribution in [0.5, 0.6) is 0 Å². The highest BCUT2D eigenvalue weighted by atomic mass is 16.8. The highest BCUT2D eigenvalue weighted by Gasteiger charge is 2.60. The minimum atomic E-state index is -0.746. The molecule has 2 aliphatic carbocycles. The Kier molecular flexibility index (Phi) is 4.96. The third kappa shape index (κ3) is 3.17. The van der Waals surface area contributed by atoms with Crippen molar-refractivity contribution >= 4 is 11.9 Å². The fourth-order valence-corrected chi connectivity index (χ4v) is 6.99. The first-order valence-electron chi connectivity index (χ1n) is 10.9. The van der Waals surface area contributed by atoms with Gasteiger partial charge in [0.2, 0.25) is 12.6 Å². The van der Waals surface area contributed by atoms with Gasteiger partial charge in [0.05, 0.1) is 12.3 Å². The smallest absolute Gasteiger partial charge is 0.308 e. The van der Waals surface area contributed by atoms with Crippen molar-refractivity contribution in [2.24, 2.45) is 34.5 Å². The summed E-state index contributed by atoms with van der Waals surface area (Å²) in [6.45, 7) is 17.6. The molecule has 0 unspecified atom stereocenters. The van der Waals surface area contributed by atoms with E-state index in [9.17, 15) is 9.59 Å². The van der Waals surface area contributed by atoms with Crippen LogP contribution in [0, 0.1) is 34.5 Å². The maximum absolute atomic E-state index is 12.0. The van der Waals surface area contributed by atoms with Crippen molar-refractivity contribution in [3.05, 3.63) is 24.3 Å². The van der Waals surface area contributed by atoms with E-state index in [1.165, 1.54) is 25.3 Å². The lowest BCUT2D eigenvalue weighted by atomic mass is 9.58. The lowest BCUT2D eigenvalue weighted by Crippen LogP contribution is -2.42. The Morgan fingerprint density at radius 3 is 2.66 bits per heavy atom. The predicted octanol–water partition coefficient (Wildman–Crippen LogP) is 4.77. The van der Waals surface area contributed by atoms with E-state index in [1.54, 1.807) is 0 Å². The van der Waals surface area contributed by atoms with Crippen LogP contribution < -0.4 is 0 Å². The molecule has 0 amide bonds. The van der Waals surface area contributed by atoms with Gasteiger partial charge in [0, 0.05) is 12.8 Å². The lowest BCUT2D eigenvalue weighted by Gasteiger charge is -2.46. The highest BCUT2D eigenvalue weighted by Crippen LogP contribution is 2.65. The molecule has 0 aromatic heterocycles. The summed E-state index contributed by atoms with van der Waals surface area (Å²) >= 11 is 0. The average Bonchev–Trinajstić information content (AvgIpc) is 3.05. The maximum Gasteiger partial charge on any atom is 0.308 e. The Labute approximate surface area is 173 Å². The van der Waals surface area contributed by atoms with Crippen LogP contribution in [0.1, 0.15) is 66.2 Å². The molecule has 0 aromatic carbocycles. The first kappa shape index (κ1) is 20.6. The third-order valence-corrected chi connectivity index (χ3v) is 8.38. The Bertz CT molecular complexity index is 752. The minimum absolute atomic E-state index is 0.0189. The molecule has 7 atom stereocenters. The summed E-state index contributed by atoms with van der Waals surface area (Å²) in [6.07, 6.45) is 4.40. The zero-order valence-corrected chi connectivity index (χ0v) is 18.2. The number of carbonyl (C=O) groups excluding carboxylic acids is 2. The number of fused-ring (bicyclic) bond motifs is 3. The van der Waals surface area contributed by atoms with Crippen molar-refractivity contribution in [1.29, 1.82) is 0 Å². The topological polar surface area (TPSA) is 61.8 Å². The van der Waals surface area contributed by atoms with Crippen molar-refractivity contribution in [3.8, 4) is 0 Å². The molecule has 0 spiro atoms. The standard InChI is InChI=1S/C24H34O5/c1-13-8-7-11-23(4,5)18-10-9-17(24(13,18)6)14(2)20-16-12-19(26)28-22(20)29-21(16)27-15(3)25/h16-18,20-22H,1-2,7-12H2,3-6H3/t16-,17-,18+,20+,21-,22-,24-/m1/s1. The molecule has 2 aliphatic heterocycles. The number of allylic oxidation sites excluding steroid dienone is 1. The summed E-state index contributed by atoms with van der Waals surface area (Å²) in [4.78, 5) is 23.6. The van der Waals surface area contributed by atoms with Crippen molar-refractivity contribution < 1.29 is 23.8 Å². The first-order valence-corrected chi connectivity index (χ1v) is 10.9. The van der Waals surface area contributed by atoms with Crippen LogP contribution in [0.3, 0.4) is 0 Å².